The highest BCUT2D eigenvalue weighted by Gasteiger charge is 2.36. The number of nitrogens with one attached hydrogen (secondary N) is 1. The normalized spacial score (nSPS) is 14.6. The average Bonchev–Trinajstić information content (AvgIpc) is 3.35. The minimum absolute atomic E-state index is 0.0958. The van der Waals surface area contributed by atoms with Crippen molar-refractivity contribution in [3.8, 4) is 11.3 Å². The lowest BCUT2D eigenvalue weighted by Crippen LogP contribution is -2.36. The van der Waals surface area contributed by atoms with Crippen LogP contribution in [-0.4, -0.2) is 39.6 Å². The molecule has 2 heterocycles. The van der Waals surface area contributed by atoms with Crippen molar-refractivity contribution in [3.63, 3.8) is 0 Å². The molecular weight excluding hydrogens is 463 g/mol. The van der Waals surface area contributed by atoms with E-state index >= 15 is 0 Å². The smallest absolute Gasteiger partial charge is 0.335 e. The molecule has 8 nitrogen and oxygen atoms in total. The van der Waals surface area contributed by atoms with Crippen LogP contribution in [0, 0.1) is 12.7 Å². The second-order valence-electron chi connectivity index (χ2n) is 7.36. The summed E-state index contributed by atoms with van der Waals surface area (Å²) in [5.41, 5.74) is 1.89. The summed E-state index contributed by atoms with van der Waals surface area (Å²) in [5, 5.41) is 11.0. The van der Waals surface area contributed by atoms with E-state index in [-0.39, 0.29) is 10.5 Å². The summed E-state index contributed by atoms with van der Waals surface area (Å²) in [6.07, 6.45) is 1.41. The van der Waals surface area contributed by atoms with Crippen LogP contribution >= 0.6 is 11.8 Å². The molecule has 10 heteroatoms. The monoisotopic (exact) mass is 480 g/mol. The van der Waals surface area contributed by atoms with Gasteiger partial charge in [-0.15, -0.1) is 0 Å². The SMILES string of the molecule is Cc1cc(C(=O)O)ccc1-c1ccc(C=C2SC(=O)N(CC(=O)Nc3ccc(F)cc3)C2=O)o1. The summed E-state index contributed by atoms with van der Waals surface area (Å²) in [7, 11) is 0. The molecule has 34 heavy (non-hydrogen) atoms. The molecule has 0 saturated carbocycles. The summed E-state index contributed by atoms with van der Waals surface area (Å²) >= 11 is 0.684. The lowest BCUT2D eigenvalue weighted by atomic mass is 10.0. The largest absolute Gasteiger partial charge is 0.478 e. The minimum Gasteiger partial charge on any atom is -0.478 e. The van der Waals surface area contributed by atoms with Gasteiger partial charge in [0, 0.05) is 17.3 Å². The van der Waals surface area contributed by atoms with Gasteiger partial charge in [0.15, 0.2) is 0 Å². The average molecular weight is 480 g/mol. The Labute approximate surface area is 197 Å². The summed E-state index contributed by atoms with van der Waals surface area (Å²) in [6, 6.07) is 13.0. The van der Waals surface area contributed by atoms with Crippen molar-refractivity contribution in [2.24, 2.45) is 0 Å². The van der Waals surface area contributed by atoms with E-state index in [0.717, 1.165) is 4.90 Å². The number of carbonyl (C=O) groups excluding carboxylic acids is 3. The first-order valence-corrected chi connectivity index (χ1v) is 10.8. The number of aromatic carboxylic acids is 1. The fraction of sp³-hybridized carbons (Fsp3) is 0.0833. The molecule has 1 fully saturated rings. The molecule has 0 spiro atoms. The predicted octanol–water partition coefficient (Wildman–Crippen LogP) is 4.77. The number of carbonyl (C=O) groups is 4. The van der Waals surface area contributed by atoms with Gasteiger partial charge in [-0.25, -0.2) is 9.18 Å². The van der Waals surface area contributed by atoms with Crippen LogP contribution in [0.25, 0.3) is 17.4 Å². The summed E-state index contributed by atoms with van der Waals surface area (Å²) in [4.78, 5) is 49.2. The predicted molar refractivity (Wildman–Crippen MR) is 124 cm³/mol. The molecule has 4 rings (SSSR count). The van der Waals surface area contributed by atoms with Gasteiger partial charge < -0.3 is 14.8 Å². The third-order valence-electron chi connectivity index (χ3n) is 4.94. The number of anilines is 1. The van der Waals surface area contributed by atoms with E-state index in [1.165, 1.54) is 42.5 Å². The Hall–Kier alpha value is -4.18. The molecule has 0 unspecified atom stereocenters. The quantitative estimate of drug-likeness (QED) is 0.488. The second-order valence-corrected chi connectivity index (χ2v) is 8.35. The Kier molecular flexibility index (Phi) is 6.33. The van der Waals surface area contributed by atoms with Gasteiger partial charge in [0.05, 0.1) is 10.5 Å². The van der Waals surface area contributed by atoms with E-state index in [1.807, 2.05) is 0 Å². The van der Waals surface area contributed by atoms with Gasteiger partial charge in [-0.1, -0.05) is 6.07 Å². The van der Waals surface area contributed by atoms with E-state index in [1.54, 1.807) is 25.1 Å². The number of rotatable bonds is 6. The number of carboxylic acids is 1. The molecule has 1 aromatic heterocycles. The topological polar surface area (TPSA) is 117 Å². The van der Waals surface area contributed by atoms with Crippen LogP contribution < -0.4 is 5.32 Å². The zero-order valence-corrected chi connectivity index (χ0v) is 18.5. The number of imide groups is 1. The molecule has 1 aliphatic heterocycles. The number of furan rings is 1. The Morgan fingerprint density at radius 2 is 1.85 bits per heavy atom. The number of carboxylic acid groups (broad SMARTS) is 1. The van der Waals surface area contributed by atoms with Crippen molar-refractivity contribution in [3.05, 3.63) is 82.2 Å². The highest BCUT2D eigenvalue weighted by molar-refractivity contribution is 8.18. The third kappa shape index (κ3) is 4.91. The first-order valence-electron chi connectivity index (χ1n) is 9.96. The summed E-state index contributed by atoms with van der Waals surface area (Å²) in [6.45, 7) is 1.27. The number of hydrogen-bond acceptors (Lipinski definition) is 6. The molecule has 0 aliphatic carbocycles. The highest BCUT2D eigenvalue weighted by Crippen LogP contribution is 2.34. The number of hydrogen-bond donors (Lipinski definition) is 2. The molecular formula is C24H17FN2O6S. The molecule has 0 radical (unpaired) electrons. The fourth-order valence-electron chi connectivity index (χ4n) is 3.29. The van der Waals surface area contributed by atoms with Crippen LogP contribution in [0.3, 0.4) is 0 Å². The number of amides is 3. The van der Waals surface area contributed by atoms with Crippen molar-refractivity contribution < 1.29 is 33.1 Å². The van der Waals surface area contributed by atoms with Gasteiger partial charge in [-0.3, -0.25) is 19.3 Å². The number of thioether (sulfide) groups is 1. The fourth-order valence-corrected chi connectivity index (χ4v) is 4.11. The molecule has 0 bridgehead atoms. The van der Waals surface area contributed by atoms with Crippen molar-refractivity contribution in [1.29, 1.82) is 0 Å². The van der Waals surface area contributed by atoms with Crippen LogP contribution in [-0.2, 0) is 9.59 Å². The Balaban J connectivity index is 1.46. The van der Waals surface area contributed by atoms with E-state index in [2.05, 4.69) is 5.32 Å². The van der Waals surface area contributed by atoms with E-state index in [9.17, 15) is 23.6 Å². The van der Waals surface area contributed by atoms with Crippen LogP contribution in [0.5, 0.6) is 0 Å². The Morgan fingerprint density at radius 1 is 1.12 bits per heavy atom. The molecule has 1 aliphatic rings. The van der Waals surface area contributed by atoms with Gasteiger partial charge in [0.25, 0.3) is 11.1 Å². The maximum absolute atomic E-state index is 13.0. The van der Waals surface area contributed by atoms with Gasteiger partial charge in [0.2, 0.25) is 5.91 Å². The van der Waals surface area contributed by atoms with Gasteiger partial charge >= 0.3 is 5.97 Å². The van der Waals surface area contributed by atoms with Gasteiger partial charge in [0.1, 0.15) is 23.9 Å². The lowest BCUT2D eigenvalue weighted by molar-refractivity contribution is -0.127. The molecule has 2 aromatic carbocycles. The number of nitrogens with zero attached hydrogens (tertiary/aromatic N) is 1. The van der Waals surface area contributed by atoms with Gasteiger partial charge in [-0.05, 0) is 72.8 Å². The van der Waals surface area contributed by atoms with Crippen LogP contribution in [0.1, 0.15) is 21.7 Å². The van der Waals surface area contributed by atoms with E-state index in [0.29, 0.717) is 40.1 Å². The van der Waals surface area contributed by atoms with E-state index in [4.69, 9.17) is 9.52 Å². The van der Waals surface area contributed by atoms with Crippen LogP contribution in [0.15, 0.2) is 63.9 Å². The lowest BCUT2D eigenvalue weighted by Gasteiger charge is -2.12. The Morgan fingerprint density at radius 3 is 2.53 bits per heavy atom. The molecule has 0 atom stereocenters. The molecule has 172 valence electrons. The van der Waals surface area contributed by atoms with Crippen molar-refractivity contribution in [2.45, 2.75) is 6.92 Å². The zero-order chi connectivity index (χ0) is 24.4. The van der Waals surface area contributed by atoms with Crippen molar-refractivity contribution in [1.82, 2.24) is 4.90 Å². The highest BCUT2D eigenvalue weighted by atomic mass is 32.2. The molecule has 3 aromatic rings. The number of aryl methyl sites for hydroxylation is 1. The molecule has 2 N–H and O–H groups in total. The maximum atomic E-state index is 13.0. The minimum atomic E-state index is -1.03. The van der Waals surface area contributed by atoms with Crippen molar-refractivity contribution in [2.75, 3.05) is 11.9 Å². The summed E-state index contributed by atoms with van der Waals surface area (Å²) < 4.78 is 18.8. The third-order valence-corrected chi connectivity index (χ3v) is 5.85. The van der Waals surface area contributed by atoms with Crippen LogP contribution in [0.4, 0.5) is 14.9 Å². The maximum Gasteiger partial charge on any atom is 0.335 e. The van der Waals surface area contributed by atoms with Gasteiger partial charge in [-0.2, -0.15) is 0 Å². The number of benzene rings is 2. The Bertz CT molecular complexity index is 1350. The zero-order valence-electron chi connectivity index (χ0n) is 17.7. The standard InChI is InChI=1S/C24H17FN2O6S/c1-13-10-14(23(30)31)2-8-18(13)19-9-7-17(33-19)11-20-22(29)27(24(32)34-20)12-21(28)26-16-5-3-15(25)4-6-16/h2-11H,12H2,1H3,(H,26,28)(H,30,31). The number of halogens is 1. The molecule has 1 saturated heterocycles. The van der Waals surface area contributed by atoms with E-state index < -0.39 is 35.4 Å². The van der Waals surface area contributed by atoms with Crippen molar-refractivity contribution >= 4 is 46.5 Å². The first kappa shape index (κ1) is 23.0. The van der Waals surface area contributed by atoms with Crippen LogP contribution in [0.2, 0.25) is 0 Å². The molecule has 3 amide bonds. The first-order chi connectivity index (χ1) is 16.2. The summed E-state index contributed by atoms with van der Waals surface area (Å²) in [5.74, 6) is -1.93. The second kappa shape index (κ2) is 9.36.